The molecular weight excluding hydrogens is 194 g/mol. The molecule has 0 spiro atoms. The lowest BCUT2D eigenvalue weighted by Crippen LogP contribution is -1.77. The molecule has 2 aromatic carbocycles. The highest BCUT2D eigenvalue weighted by molar-refractivity contribution is 5.85. The van der Waals surface area contributed by atoms with Gasteiger partial charge in [0.1, 0.15) is 0 Å². The van der Waals surface area contributed by atoms with E-state index in [1.54, 1.807) is 0 Å². The molecule has 0 aliphatic carbocycles. The average Bonchev–Trinajstić information content (AvgIpc) is 2.69. The van der Waals surface area contributed by atoms with Crippen LogP contribution in [0, 0.1) is 6.92 Å². The summed E-state index contributed by atoms with van der Waals surface area (Å²) in [5.41, 5.74) is 4.94. The summed E-state index contributed by atoms with van der Waals surface area (Å²) in [6.45, 7) is 2.09. The van der Waals surface area contributed by atoms with Gasteiger partial charge in [0.05, 0.1) is 0 Å². The Morgan fingerprint density at radius 2 is 1.62 bits per heavy atom. The summed E-state index contributed by atoms with van der Waals surface area (Å²) in [7, 11) is 0. The first-order valence-corrected chi connectivity index (χ1v) is 5.48. The molecule has 0 aliphatic heterocycles. The predicted molar refractivity (Wildman–Crippen MR) is 68.5 cm³/mol. The van der Waals surface area contributed by atoms with E-state index in [9.17, 15) is 0 Å². The van der Waals surface area contributed by atoms with Crippen LogP contribution in [0.4, 0.5) is 0 Å². The van der Waals surface area contributed by atoms with Crippen molar-refractivity contribution in [3.8, 4) is 11.1 Å². The molecule has 1 N–H and O–H groups in total. The smallest absolute Gasteiger partial charge is 0.0462 e. The van der Waals surface area contributed by atoms with E-state index in [1.807, 2.05) is 6.07 Å². The standard InChI is InChI=1S/C15H13N/c1-11-9-14-8-7-13(10-15(14)16-11)12-5-3-2-4-6-12/h2-10,16H,1H3. The summed E-state index contributed by atoms with van der Waals surface area (Å²) >= 11 is 0. The first-order chi connectivity index (χ1) is 7.83. The van der Waals surface area contributed by atoms with Crippen LogP contribution in [-0.4, -0.2) is 4.98 Å². The van der Waals surface area contributed by atoms with Crippen LogP contribution in [0.25, 0.3) is 22.0 Å². The number of hydrogen-bond acceptors (Lipinski definition) is 0. The van der Waals surface area contributed by atoms with Crippen molar-refractivity contribution >= 4 is 10.9 Å². The van der Waals surface area contributed by atoms with Gasteiger partial charge >= 0.3 is 0 Å². The second-order valence-corrected chi connectivity index (χ2v) is 4.12. The van der Waals surface area contributed by atoms with E-state index in [0.717, 1.165) is 0 Å². The lowest BCUT2D eigenvalue weighted by atomic mass is 10.0. The molecule has 0 radical (unpaired) electrons. The number of aryl methyl sites for hydroxylation is 1. The molecule has 1 heterocycles. The normalized spacial score (nSPS) is 10.8. The van der Waals surface area contributed by atoms with Crippen molar-refractivity contribution in [3.63, 3.8) is 0 Å². The SMILES string of the molecule is Cc1cc2ccc(-c3ccccc3)cc2[nH]1. The molecule has 1 heteroatoms. The molecule has 1 nitrogen and oxygen atoms in total. The topological polar surface area (TPSA) is 15.8 Å². The summed E-state index contributed by atoms with van der Waals surface area (Å²) in [5, 5.41) is 1.28. The van der Waals surface area contributed by atoms with E-state index in [-0.39, 0.29) is 0 Å². The molecule has 0 amide bonds. The van der Waals surface area contributed by atoms with E-state index in [2.05, 4.69) is 60.4 Å². The van der Waals surface area contributed by atoms with Crippen LogP contribution in [0.2, 0.25) is 0 Å². The quantitative estimate of drug-likeness (QED) is 0.617. The minimum absolute atomic E-state index is 1.21. The summed E-state index contributed by atoms with van der Waals surface area (Å²) in [4.78, 5) is 3.37. The Morgan fingerprint density at radius 3 is 2.44 bits per heavy atom. The number of rotatable bonds is 1. The van der Waals surface area contributed by atoms with Crippen molar-refractivity contribution in [2.75, 3.05) is 0 Å². The van der Waals surface area contributed by atoms with Crippen LogP contribution in [0.15, 0.2) is 54.6 Å². The molecule has 0 unspecified atom stereocenters. The molecular formula is C15H13N. The maximum absolute atomic E-state index is 3.37. The summed E-state index contributed by atoms with van der Waals surface area (Å²) < 4.78 is 0. The van der Waals surface area contributed by atoms with Gasteiger partial charge in [0, 0.05) is 11.2 Å². The third kappa shape index (κ3) is 1.50. The largest absolute Gasteiger partial charge is 0.359 e. The van der Waals surface area contributed by atoms with E-state index < -0.39 is 0 Å². The highest BCUT2D eigenvalue weighted by Gasteiger charge is 2.00. The van der Waals surface area contributed by atoms with Gasteiger partial charge in [-0.25, -0.2) is 0 Å². The Labute approximate surface area is 94.7 Å². The highest BCUT2D eigenvalue weighted by Crippen LogP contribution is 2.24. The zero-order valence-corrected chi connectivity index (χ0v) is 9.20. The number of aromatic amines is 1. The van der Waals surface area contributed by atoms with Crippen LogP contribution in [-0.2, 0) is 0 Å². The average molecular weight is 207 g/mol. The van der Waals surface area contributed by atoms with Gasteiger partial charge in [-0.2, -0.15) is 0 Å². The molecule has 3 aromatic rings. The molecule has 0 saturated carbocycles. The molecule has 78 valence electrons. The van der Waals surface area contributed by atoms with Crippen LogP contribution < -0.4 is 0 Å². The summed E-state index contributed by atoms with van der Waals surface area (Å²) in [6.07, 6.45) is 0. The Morgan fingerprint density at radius 1 is 0.812 bits per heavy atom. The lowest BCUT2D eigenvalue weighted by molar-refractivity contribution is 1.30. The summed E-state index contributed by atoms with van der Waals surface area (Å²) in [5.74, 6) is 0. The zero-order valence-electron chi connectivity index (χ0n) is 9.20. The van der Waals surface area contributed by atoms with Crippen molar-refractivity contribution in [2.45, 2.75) is 6.92 Å². The van der Waals surface area contributed by atoms with Gasteiger partial charge in [0.15, 0.2) is 0 Å². The minimum atomic E-state index is 1.21. The number of benzene rings is 2. The third-order valence-corrected chi connectivity index (χ3v) is 2.86. The second kappa shape index (κ2) is 3.53. The maximum Gasteiger partial charge on any atom is 0.0462 e. The van der Waals surface area contributed by atoms with Crippen LogP contribution in [0.3, 0.4) is 0 Å². The van der Waals surface area contributed by atoms with E-state index in [4.69, 9.17) is 0 Å². The Hall–Kier alpha value is -2.02. The molecule has 1 aromatic heterocycles. The number of hydrogen-bond donors (Lipinski definition) is 1. The van der Waals surface area contributed by atoms with E-state index in [0.29, 0.717) is 0 Å². The fraction of sp³-hybridized carbons (Fsp3) is 0.0667. The minimum Gasteiger partial charge on any atom is -0.359 e. The van der Waals surface area contributed by atoms with Crippen LogP contribution >= 0.6 is 0 Å². The van der Waals surface area contributed by atoms with Crippen LogP contribution in [0.5, 0.6) is 0 Å². The Kier molecular flexibility index (Phi) is 2.03. The summed E-state index contributed by atoms with van der Waals surface area (Å²) in [6, 6.07) is 19.2. The predicted octanol–water partition coefficient (Wildman–Crippen LogP) is 4.14. The van der Waals surface area contributed by atoms with Gasteiger partial charge in [-0.15, -0.1) is 0 Å². The molecule has 0 atom stereocenters. The second-order valence-electron chi connectivity index (χ2n) is 4.12. The fourth-order valence-corrected chi connectivity index (χ4v) is 2.08. The van der Waals surface area contributed by atoms with E-state index >= 15 is 0 Å². The lowest BCUT2D eigenvalue weighted by Gasteiger charge is -2.01. The Bertz CT molecular complexity index is 620. The fourth-order valence-electron chi connectivity index (χ4n) is 2.08. The van der Waals surface area contributed by atoms with Gasteiger partial charge in [0.25, 0.3) is 0 Å². The number of nitrogens with one attached hydrogen (secondary N) is 1. The van der Waals surface area contributed by atoms with Crippen molar-refractivity contribution < 1.29 is 0 Å². The number of H-pyrrole nitrogens is 1. The molecule has 0 aliphatic rings. The number of aromatic nitrogens is 1. The number of fused-ring (bicyclic) bond motifs is 1. The van der Waals surface area contributed by atoms with Gasteiger partial charge in [-0.05, 0) is 35.6 Å². The molecule has 16 heavy (non-hydrogen) atoms. The highest BCUT2D eigenvalue weighted by atomic mass is 14.7. The van der Waals surface area contributed by atoms with Gasteiger partial charge in [-0.3, -0.25) is 0 Å². The monoisotopic (exact) mass is 207 g/mol. The van der Waals surface area contributed by atoms with Crippen LogP contribution in [0.1, 0.15) is 5.69 Å². The van der Waals surface area contributed by atoms with Gasteiger partial charge in [0.2, 0.25) is 0 Å². The Balaban J connectivity index is 2.18. The van der Waals surface area contributed by atoms with Crippen molar-refractivity contribution in [2.24, 2.45) is 0 Å². The molecule has 0 fully saturated rings. The van der Waals surface area contributed by atoms with Crippen molar-refractivity contribution in [3.05, 3.63) is 60.3 Å². The molecule has 3 rings (SSSR count). The third-order valence-electron chi connectivity index (χ3n) is 2.86. The van der Waals surface area contributed by atoms with Crippen molar-refractivity contribution in [1.82, 2.24) is 4.98 Å². The van der Waals surface area contributed by atoms with Gasteiger partial charge in [-0.1, -0.05) is 42.5 Å². The maximum atomic E-state index is 3.37. The first kappa shape index (κ1) is 9.22. The van der Waals surface area contributed by atoms with Gasteiger partial charge < -0.3 is 4.98 Å². The molecule has 0 saturated heterocycles. The zero-order chi connectivity index (χ0) is 11.0. The first-order valence-electron chi connectivity index (χ1n) is 5.48. The molecule has 0 bridgehead atoms. The van der Waals surface area contributed by atoms with E-state index in [1.165, 1.54) is 27.7 Å². The van der Waals surface area contributed by atoms with Crippen molar-refractivity contribution in [1.29, 1.82) is 0 Å².